The van der Waals surface area contributed by atoms with Gasteiger partial charge in [-0.1, -0.05) is 70.2 Å². The third-order valence-corrected chi connectivity index (χ3v) is 7.75. The molecule has 0 spiro atoms. The molecule has 5 nitrogen and oxygen atoms in total. The van der Waals surface area contributed by atoms with Crippen molar-refractivity contribution < 1.29 is 14.4 Å². The average Bonchev–Trinajstić information content (AvgIpc) is 3.29. The molecule has 3 aromatic carbocycles. The van der Waals surface area contributed by atoms with E-state index in [1.165, 1.54) is 11.1 Å². The quantitative estimate of drug-likeness (QED) is 0.176. The predicted octanol–water partition coefficient (Wildman–Crippen LogP) is 7.91. The molecule has 4 rings (SSSR count). The number of benzene rings is 3. The van der Waals surface area contributed by atoms with Crippen molar-refractivity contribution in [3.05, 3.63) is 94.9 Å². The van der Waals surface area contributed by atoms with Crippen molar-refractivity contribution in [3.63, 3.8) is 0 Å². The Hall–Kier alpha value is -3.64. The van der Waals surface area contributed by atoms with Crippen molar-refractivity contribution in [2.24, 2.45) is 5.41 Å². The number of nitrogens with one attached hydrogen (secondary N) is 2. The summed E-state index contributed by atoms with van der Waals surface area (Å²) in [6, 6.07) is 25.5. The molecule has 192 valence electrons. The summed E-state index contributed by atoms with van der Waals surface area (Å²) in [5, 5.41) is 4.03. The Morgan fingerprint density at radius 2 is 1.41 bits per heavy atom. The molecule has 0 fully saturated rings. The maximum atomic E-state index is 13.6. The zero-order valence-electron chi connectivity index (χ0n) is 22.0. The van der Waals surface area contributed by atoms with Crippen LogP contribution in [0.15, 0.2) is 78.9 Å². The molecule has 4 aromatic rings. The van der Waals surface area contributed by atoms with E-state index in [0.717, 1.165) is 15.0 Å². The Kier molecular flexibility index (Phi) is 7.98. The largest absolute Gasteiger partial charge is 0.347 e. The van der Waals surface area contributed by atoms with Crippen molar-refractivity contribution >= 4 is 44.7 Å². The molecule has 1 atom stereocenters. The Morgan fingerprint density at radius 1 is 0.838 bits per heavy atom. The summed E-state index contributed by atoms with van der Waals surface area (Å²) < 4.78 is 1.11. The standard InChI is InChI=1S/C31H34N2O3S/c1-20(2)22-10-14-25(15-11-22)32-29(34)31(5,19-27-18-24-8-6-7-9-28(24)37-27)30(35)36-33-26-16-12-23(13-17-26)21(3)4/h6-18,20-21,33H,19H2,1-5H3,(H,32,34). The number of fused-ring (bicyclic) bond motifs is 1. The number of amides is 1. The molecular weight excluding hydrogens is 480 g/mol. The first-order valence-electron chi connectivity index (χ1n) is 12.6. The van der Waals surface area contributed by atoms with Crippen LogP contribution in [0.25, 0.3) is 10.1 Å². The Balaban J connectivity index is 1.56. The third-order valence-electron chi connectivity index (χ3n) is 6.63. The molecule has 1 amide bonds. The van der Waals surface area contributed by atoms with Crippen LogP contribution in [-0.2, 0) is 20.8 Å². The molecule has 1 unspecified atom stereocenters. The van der Waals surface area contributed by atoms with Gasteiger partial charge in [0.05, 0.1) is 5.69 Å². The van der Waals surface area contributed by atoms with Gasteiger partial charge in [0, 0.05) is 21.7 Å². The lowest BCUT2D eigenvalue weighted by Crippen LogP contribution is -2.44. The molecule has 0 bridgehead atoms. The van der Waals surface area contributed by atoms with E-state index in [0.29, 0.717) is 23.2 Å². The Bertz CT molecular complexity index is 1340. The maximum Gasteiger partial charge on any atom is 0.347 e. The van der Waals surface area contributed by atoms with Gasteiger partial charge < -0.3 is 10.2 Å². The number of anilines is 2. The minimum Gasteiger partial charge on any atom is -0.342 e. The lowest BCUT2D eigenvalue weighted by Gasteiger charge is -2.26. The Morgan fingerprint density at radius 3 is 1.97 bits per heavy atom. The molecule has 0 radical (unpaired) electrons. The second-order valence-electron chi connectivity index (χ2n) is 10.3. The normalized spacial score (nSPS) is 12.9. The van der Waals surface area contributed by atoms with Gasteiger partial charge in [-0.25, -0.2) is 10.3 Å². The van der Waals surface area contributed by atoms with Gasteiger partial charge in [-0.15, -0.1) is 11.3 Å². The highest BCUT2D eigenvalue weighted by atomic mass is 32.1. The monoisotopic (exact) mass is 514 g/mol. The summed E-state index contributed by atoms with van der Waals surface area (Å²) >= 11 is 1.58. The van der Waals surface area contributed by atoms with Crippen molar-refractivity contribution in [3.8, 4) is 0 Å². The summed E-state index contributed by atoms with van der Waals surface area (Å²) in [5.41, 5.74) is 4.94. The van der Waals surface area contributed by atoms with E-state index in [-0.39, 0.29) is 6.42 Å². The van der Waals surface area contributed by atoms with Crippen LogP contribution >= 0.6 is 11.3 Å². The molecule has 0 aliphatic heterocycles. The molecule has 6 heteroatoms. The number of carbonyl (C=O) groups excluding carboxylic acids is 2. The van der Waals surface area contributed by atoms with E-state index < -0.39 is 17.3 Å². The first-order valence-corrected chi connectivity index (χ1v) is 13.4. The van der Waals surface area contributed by atoms with E-state index in [1.54, 1.807) is 18.3 Å². The first-order chi connectivity index (χ1) is 17.7. The Labute approximate surface area is 222 Å². The summed E-state index contributed by atoms with van der Waals surface area (Å²) in [5.74, 6) is -0.267. The van der Waals surface area contributed by atoms with Crippen LogP contribution in [-0.4, -0.2) is 11.9 Å². The second kappa shape index (κ2) is 11.2. The van der Waals surface area contributed by atoms with Crippen LogP contribution in [0.3, 0.4) is 0 Å². The first kappa shape index (κ1) is 26.4. The van der Waals surface area contributed by atoms with Crippen LogP contribution in [0.5, 0.6) is 0 Å². The van der Waals surface area contributed by atoms with Gasteiger partial charge in [-0.2, -0.15) is 0 Å². The average molecular weight is 515 g/mol. The second-order valence-corrected chi connectivity index (χ2v) is 11.4. The summed E-state index contributed by atoms with van der Waals surface area (Å²) in [4.78, 5) is 33.5. The van der Waals surface area contributed by atoms with E-state index in [1.807, 2.05) is 78.9 Å². The van der Waals surface area contributed by atoms with Crippen molar-refractivity contribution in [1.82, 2.24) is 0 Å². The molecule has 1 aromatic heterocycles. The van der Waals surface area contributed by atoms with Gasteiger partial charge in [0.2, 0.25) is 5.91 Å². The number of thiophene rings is 1. The van der Waals surface area contributed by atoms with E-state index in [2.05, 4.69) is 38.5 Å². The molecule has 0 aliphatic carbocycles. The van der Waals surface area contributed by atoms with Crippen LogP contribution in [0.4, 0.5) is 11.4 Å². The zero-order valence-corrected chi connectivity index (χ0v) is 22.8. The number of hydrogen-bond donors (Lipinski definition) is 2. The van der Waals surface area contributed by atoms with Crippen molar-refractivity contribution in [1.29, 1.82) is 0 Å². The fourth-order valence-electron chi connectivity index (χ4n) is 4.09. The minimum absolute atomic E-state index is 0.217. The molecule has 2 N–H and O–H groups in total. The minimum atomic E-state index is -1.46. The highest BCUT2D eigenvalue weighted by Crippen LogP contribution is 2.33. The van der Waals surface area contributed by atoms with Crippen LogP contribution in [0.1, 0.15) is 62.5 Å². The van der Waals surface area contributed by atoms with Crippen LogP contribution in [0, 0.1) is 5.41 Å². The lowest BCUT2D eigenvalue weighted by molar-refractivity contribution is -0.155. The fraction of sp³-hybridized carbons (Fsp3) is 0.290. The summed E-state index contributed by atoms with van der Waals surface area (Å²) in [7, 11) is 0. The third kappa shape index (κ3) is 6.20. The lowest BCUT2D eigenvalue weighted by atomic mass is 9.84. The van der Waals surface area contributed by atoms with E-state index in [4.69, 9.17) is 4.84 Å². The molecule has 1 heterocycles. The SMILES string of the molecule is CC(C)c1ccc(NOC(=O)C(C)(Cc2cc3ccccc3s2)C(=O)Nc2ccc(C(C)C)cc2)cc1. The highest BCUT2D eigenvalue weighted by molar-refractivity contribution is 7.19. The summed E-state index contributed by atoms with van der Waals surface area (Å²) in [6.07, 6.45) is 0.217. The molecule has 0 saturated carbocycles. The molecular formula is C31H34N2O3S. The molecule has 0 saturated heterocycles. The topological polar surface area (TPSA) is 67.4 Å². The number of carbonyl (C=O) groups is 2. The van der Waals surface area contributed by atoms with Gasteiger partial charge in [0.15, 0.2) is 5.41 Å². The predicted molar refractivity (Wildman–Crippen MR) is 153 cm³/mol. The maximum absolute atomic E-state index is 13.6. The fourth-order valence-corrected chi connectivity index (χ4v) is 5.31. The smallest absolute Gasteiger partial charge is 0.342 e. The van der Waals surface area contributed by atoms with Gasteiger partial charge in [-0.3, -0.25) is 4.79 Å². The van der Waals surface area contributed by atoms with Crippen molar-refractivity contribution in [2.45, 2.75) is 52.9 Å². The number of hydrogen-bond acceptors (Lipinski definition) is 5. The van der Waals surface area contributed by atoms with Gasteiger partial charge in [0.25, 0.3) is 0 Å². The number of rotatable bonds is 9. The summed E-state index contributed by atoms with van der Waals surface area (Å²) in [6.45, 7) is 10.1. The molecule has 37 heavy (non-hydrogen) atoms. The molecule has 0 aliphatic rings. The van der Waals surface area contributed by atoms with Crippen LogP contribution < -0.4 is 10.8 Å². The van der Waals surface area contributed by atoms with Crippen LogP contribution in [0.2, 0.25) is 0 Å². The van der Waals surface area contributed by atoms with Gasteiger partial charge >= 0.3 is 5.97 Å². The van der Waals surface area contributed by atoms with Gasteiger partial charge in [0.1, 0.15) is 0 Å². The van der Waals surface area contributed by atoms with E-state index in [9.17, 15) is 9.59 Å². The highest BCUT2D eigenvalue weighted by Gasteiger charge is 2.44. The zero-order chi connectivity index (χ0) is 26.6. The van der Waals surface area contributed by atoms with Gasteiger partial charge in [-0.05, 0) is 71.7 Å². The van der Waals surface area contributed by atoms with E-state index >= 15 is 0 Å². The van der Waals surface area contributed by atoms with Crippen molar-refractivity contribution in [2.75, 3.05) is 10.8 Å².